The largest absolute Gasteiger partial charge is 0.508 e. The van der Waals surface area contributed by atoms with Crippen LogP contribution in [-0.4, -0.2) is 24.9 Å². The van der Waals surface area contributed by atoms with Crippen molar-refractivity contribution < 1.29 is 13.5 Å². The van der Waals surface area contributed by atoms with Gasteiger partial charge in [0.15, 0.2) is 0 Å². The molecule has 4 nitrogen and oxygen atoms in total. The zero-order valence-electron chi connectivity index (χ0n) is 11.4. The van der Waals surface area contributed by atoms with E-state index >= 15 is 0 Å². The van der Waals surface area contributed by atoms with Crippen molar-refractivity contribution in [3.05, 3.63) is 59.7 Å². The van der Waals surface area contributed by atoms with E-state index in [4.69, 9.17) is 0 Å². The molecule has 2 rings (SSSR count). The summed E-state index contributed by atoms with van der Waals surface area (Å²) in [5.74, 6) is 0.0468. The number of rotatable bonds is 4. The summed E-state index contributed by atoms with van der Waals surface area (Å²) < 4.78 is 26.1. The molecule has 0 fully saturated rings. The van der Waals surface area contributed by atoms with E-state index in [2.05, 4.69) is 0 Å². The molecule has 0 radical (unpaired) electrons. The number of aryl methyl sites for hydroxylation is 1. The maximum Gasteiger partial charge on any atom is 0.243 e. The van der Waals surface area contributed by atoms with E-state index in [1.807, 2.05) is 31.2 Å². The number of phenolic OH excluding ortho intramolecular Hbond substituents is 1. The number of aromatic hydroxyl groups is 1. The molecule has 5 heteroatoms. The monoisotopic (exact) mass is 291 g/mol. The molecular weight excluding hydrogens is 274 g/mol. The van der Waals surface area contributed by atoms with Crippen molar-refractivity contribution in [2.75, 3.05) is 7.05 Å². The van der Waals surface area contributed by atoms with Gasteiger partial charge in [0.05, 0.1) is 4.90 Å². The van der Waals surface area contributed by atoms with E-state index in [-0.39, 0.29) is 10.6 Å². The lowest BCUT2D eigenvalue weighted by Crippen LogP contribution is -2.26. The number of nitrogens with zero attached hydrogens (tertiary/aromatic N) is 1. The van der Waals surface area contributed by atoms with Gasteiger partial charge in [-0.15, -0.1) is 0 Å². The van der Waals surface area contributed by atoms with Crippen LogP contribution < -0.4 is 0 Å². The predicted molar refractivity (Wildman–Crippen MR) is 77.9 cm³/mol. The summed E-state index contributed by atoms with van der Waals surface area (Å²) in [5, 5.41) is 9.22. The van der Waals surface area contributed by atoms with Crippen LogP contribution >= 0.6 is 0 Å². The highest BCUT2D eigenvalue weighted by Gasteiger charge is 2.21. The van der Waals surface area contributed by atoms with Crippen LogP contribution in [0.5, 0.6) is 5.75 Å². The molecule has 0 spiro atoms. The Hall–Kier alpha value is -1.85. The second-order valence-electron chi connectivity index (χ2n) is 4.68. The Morgan fingerprint density at radius 3 is 2.25 bits per heavy atom. The topological polar surface area (TPSA) is 57.6 Å². The average molecular weight is 291 g/mol. The first kappa shape index (κ1) is 14.6. The Morgan fingerprint density at radius 2 is 1.65 bits per heavy atom. The molecule has 20 heavy (non-hydrogen) atoms. The van der Waals surface area contributed by atoms with Crippen molar-refractivity contribution in [1.29, 1.82) is 0 Å². The molecule has 106 valence electrons. The van der Waals surface area contributed by atoms with Gasteiger partial charge < -0.3 is 5.11 Å². The first-order valence-electron chi connectivity index (χ1n) is 6.21. The van der Waals surface area contributed by atoms with E-state index in [0.29, 0.717) is 6.54 Å². The molecule has 0 saturated carbocycles. The van der Waals surface area contributed by atoms with Gasteiger partial charge in [0, 0.05) is 13.6 Å². The molecule has 0 amide bonds. The molecule has 2 aromatic carbocycles. The highest BCUT2D eigenvalue weighted by Crippen LogP contribution is 2.20. The van der Waals surface area contributed by atoms with E-state index in [1.54, 1.807) is 7.05 Å². The van der Waals surface area contributed by atoms with Gasteiger partial charge in [-0.3, -0.25) is 0 Å². The van der Waals surface area contributed by atoms with Crippen LogP contribution in [0.2, 0.25) is 0 Å². The number of benzene rings is 2. The highest BCUT2D eigenvalue weighted by atomic mass is 32.2. The molecule has 0 aromatic heterocycles. The van der Waals surface area contributed by atoms with Crippen molar-refractivity contribution in [2.24, 2.45) is 0 Å². The van der Waals surface area contributed by atoms with Crippen molar-refractivity contribution in [3.8, 4) is 5.75 Å². The highest BCUT2D eigenvalue weighted by molar-refractivity contribution is 7.89. The fourth-order valence-electron chi connectivity index (χ4n) is 1.91. The lowest BCUT2D eigenvalue weighted by atomic mass is 10.1. The van der Waals surface area contributed by atoms with Gasteiger partial charge in [0.25, 0.3) is 0 Å². The van der Waals surface area contributed by atoms with Crippen LogP contribution in [0.3, 0.4) is 0 Å². The second kappa shape index (κ2) is 5.64. The minimum atomic E-state index is -3.55. The Balaban J connectivity index is 2.26. The van der Waals surface area contributed by atoms with E-state index in [1.165, 1.54) is 28.6 Å². The van der Waals surface area contributed by atoms with Crippen LogP contribution in [-0.2, 0) is 16.6 Å². The molecule has 1 N–H and O–H groups in total. The van der Waals surface area contributed by atoms with Crippen LogP contribution in [0.1, 0.15) is 11.1 Å². The third-order valence-corrected chi connectivity index (χ3v) is 5.02. The molecule has 0 bridgehead atoms. The number of hydrogen-bond donors (Lipinski definition) is 1. The van der Waals surface area contributed by atoms with Gasteiger partial charge in [-0.25, -0.2) is 8.42 Å². The molecule has 0 atom stereocenters. The van der Waals surface area contributed by atoms with Gasteiger partial charge in [0.1, 0.15) is 5.75 Å². The Morgan fingerprint density at radius 1 is 1.05 bits per heavy atom. The molecular formula is C15H17NO3S. The summed E-state index contributed by atoms with van der Waals surface area (Å²) in [7, 11) is -2.00. The first-order valence-corrected chi connectivity index (χ1v) is 7.65. The Bertz CT molecular complexity index is 693. The summed E-state index contributed by atoms with van der Waals surface area (Å²) in [6, 6.07) is 13.2. The van der Waals surface area contributed by atoms with E-state index < -0.39 is 10.0 Å². The summed E-state index contributed by atoms with van der Waals surface area (Å²) in [6.07, 6.45) is 0. The third kappa shape index (κ3) is 3.00. The van der Waals surface area contributed by atoms with Crippen molar-refractivity contribution >= 4 is 10.0 Å². The quantitative estimate of drug-likeness (QED) is 0.941. The van der Waals surface area contributed by atoms with Crippen molar-refractivity contribution in [3.63, 3.8) is 0 Å². The molecule has 0 aliphatic carbocycles. The maximum atomic E-state index is 12.4. The Kier molecular flexibility index (Phi) is 4.11. The van der Waals surface area contributed by atoms with Gasteiger partial charge >= 0.3 is 0 Å². The molecule has 0 aliphatic rings. The zero-order chi connectivity index (χ0) is 14.8. The SMILES string of the molecule is Cc1ccccc1CN(C)S(=O)(=O)c1ccc(O)cc1. The molecule has 0 aliphatic heterocycles. The number of sulfonamides is 1. The smallest absolute Gasteiger partial charge is 0.243 e. The Labute approximate surface area is 119 Å². The summed E-state index contributed by atoms with van der Waals surface area (Å²) in [5.41, 5.74) is 2.03. The van der Waals surface area contributed by atoms with Gasteiger partial charge in [0.2, 0.25) is 10.0 Å². The minimum absolute atomic E-state index is 0.0468. The fourth-order valence-corrected chi connectivity index (χ4v) is 3.06. The summed E-state index contributed by atoms with van der Waals surface area (Å²) in [4.78, 5) is 0.173. The standard InChI is InChI=1S/C15H17NO3S/c1-12-5-3-4-6-13(12)11-16(2)20(18,19)15-9-7-14(17)8-10-15/h3-10,17H,11H2,1-2H3. The second-order valence-corrected chi connectivity index (χ2v) is 6.73. The lowest BCUT2D eigenvalue weighted by Gasteiger charge is -2.18. The lowest BCUT2D eigenvalue weighted by molar-refractivity contribution is 0.464. The van der Waals surface area contributed by atoms with Gasteiger partial charge in [-0.05, 0) is 42.3 Å². The van der Waals surface area contributed by atoms with E-state index in [9.17, 15) is 13.5 Å². The van der Waals surface area contributed by atoms with Crippen molar-refractivity contribution in [1.82, 2.24) is 4.31 Å². The third-order valence-electron chi connectivity index (χ3n) is 3.20. The molecule has 0 heterocycles. The fraction of sp³-hybridized carbons (Fsp3) is 0.200. The minimum Gasteiger partial charge on any atom is -0.508 e. The predicted octanol–water partition coefficient (Wildman–Crippen LogP) is 2.52. The van der Waals surface area contributed by atoms with Crippen LogP contribution in [0.15, 0.2) is 53.4 Å². The zero-order valence-corrected chi connectivity index (χ0v) is 12.3. The summed E-state index contributed by atoms with van der Waals surface area (Å²) >= 11 is 0. The first-order chi connectivity index (χ1) is 9.41. The van der Waals surface area contributed by atoms with Gasteiger partial charge in [-0.2, -0.15) is 4.31 Å². The average Bonchev–Trinajstić information content (AvgIpc) is 2.41. The maximum absolute atomic E-state index is 12.4. The van der Waals surface area contributed by atoms with Gasteiger partial charge in [-0.1, -0.05) is 24.3 Å². The molecule has 2 aromatic rings. The van der Waals surface area contributed by atoms with Crippen molar-refractivity contribution in [2.45, 2.75) is 18.4 Å². The number of hydrogen-bond acceptors (Lipinski definition) is 3. The molecule has 0 unspecified atom stereocenters. The van der Waals surface area contributed by atoms with E-state index in [0.717, 1.165) is 11.1 Å². The normalized spacial score (nSPS) is 11.8. The number of phenols is 1. The van der Waals surface area contributed by atoms with Crippen LogP contribution in [0, 0.1) is 6.92 Å². The summed E-state index contributed by atoms with van der Waals surface area (Å²) in [6.45, 7) is 2.27. The van der Waals surface area contributed by atoms with Crippen LogP contribution in [0.4, 0.5) is 0 Å². The molecule has 0 saturated heterocycles. The van der Waals surface area contributed by atoms with Crippen LogP contribution in [0.25, 0.3) is 0 Å².